The van der Waals surface area contributed by atoms with E-state index in [1.54, 1.807) is 11.0 Å². The SMILES string of the molecule is CC(C)/C=C(\C#N)C(=O)N1CCC[C@@H]1COC(=O)N[C@@H](Cc1ccccc1)B(O)O. The minimum atomic E-state index is -1.75. The number of nitriles is 1. The second-order valence-corrected chi connectivity index (χ2v) is 7.68. The summed E-state index contributed by atoms with van der Waals surface area (Å²) in [4.78, 5) is 26.4. The molecule has 2 rings (SSSR count). The maximum Gasteiger partial charge on any atom is 0.475 e. The van der Waals surface area contributed by atoms with Gasteiger partial charge in [0.05, 0.1) is 12.0 Å². The van der Waals surface area contributed by atoms with E-state index in [2.05, 4.69) is 5.32 Å². The minimum absolute atomic E-state index is 0.0302. The fourth-order valence-corrected chi connectivity index (χ4v) is 3.38. The largest absolute Gasteiger partial charge is 0.475 e. The van der Waals surface area contributed by atoms with E-state index in [-0.39, 0.29) is 36.5 Å². The number of hydrogen-bond acceptors (Lipinski definition) is 6. The van der Waals surface area contributed by atoms with Crippen LogP contribution in [0, 0.1) is 17.2 Å². The molecule has 1 aromatic carbocycles. The smallest absolute Gasteiger partial charge is 0.447 e. The maximum absolute atomic E-state index is 12.7. The van der Waals surface area contributed by atoms with Gasteiger partial charge in [-0.1, -0.05) is 50.3 Å². The Bertz CT molecular complexity index is 792. The van der Waals surface area contributed by atoms with E-state index in [9.17, 15) is 24.9 Å². The van der Waals surface area contributed by atoms with Crippen molar-refractivity contribution in [3.63, 3.8) is 0 Å². The van der Waals surface area contributed by atoms with E-state index in [1.807, 2.05) is 50.2 Å². The summed E-state index contributed by atoms with van der Waals surface area (Å²) in [7, 11) is -1.75. The van der Waals surface area contributed by atoms with Crippen molar-refractivity contribution in [2.75, 3.05) is 13.2 Å². The normalized spacial score (nSPS) is 17.4. The maximum atomic E-state index is 12.7. The lowest BCUT2D eigenvalue weighted by Crippen LogP contribution is -2.49. The van der Waals surface area contributed by atoms with Crippen molar-refractivity contribution in [1.82, 2.24) is 10.2 Å². The number of carbonyl (C=O) groups excluding carboxylic acids is 2. The Morgan fingerprint density at radius 1 is 1.37 bits per heavy atom. The zero-order chi connectivity index (χ0) is 22.1. The number of ether oxygens (including phenoxy) is 1. The van der Waals surface area contributed by atoms with Crippen LogP contribution in [0.3, 0.4) is 0 Å². The molecule has 2 amide bonds. The Morgan fingerprint density at radius 3 is 2.67 bits per heavy atom. The molecule has 0 aliphatic carbocycles. The van der Waals surface area contributed by atoms with Crippen molar-refractivity contribution in [3.8, 4) is 6.07 Å². The predicted molar refractivity (Wildman–Crippen MR) is 112 cm³/mol. The van der Waals surface area contributed by atoms with Gasteiger partial charge in [0, 0.05) is 6.54 Å². The number of amides is 2. The van der Waals surface area contributed by atoms with Crippen molar-refractivity contribution in [1.29, 1.82) is 5.26 Å². The van der Waals surface area contributed by atoms with Crippen LogP contribution in [0.25, 0.3) is 0 Å². The molecule has 0 bridgehead atoms. The number of carbonyl (C=O) groups is 2. The molecule has 1 saturated heterocycles. The van der Waals surface area contributed by atoms with Crippen LogP contribution >= 0.6 is 0 Å². The molecule has 1 heterocycles. The summed E-state index contributed by atoms with van der Waals surface area (Å²) in [6.45, 7) is 4.25. The van der Waals surface area contributed by atoms with Crippen LogP contribution < -0.4 is 5.32 Å². The third kappa shape index (κ3) is 6.90. The van der Waals surface area contributed by atoms with Gasteiger partial charge in [-0.2, -0.15) is 5.26 Å². The fraction of sp³-hybridized carbons (Fsp3) is 0.476. The number of likely N-dealkylation sites (tertiary alicyclic amines) is 1. The van der Waals surface area contributed by atoms with Gasteiger partial charge in [-0.25, -0.2) is 4.79 Å². The molecular weight excluding hydrogens is 385 g/mol. The first-order valence-electron chi connectivity index (χ1n) is 10.1. The molecule has 0 radical (unpaired) electrons. The molecule has 0 spiro atoms. The van der Waals surface area contributed by atoms with Gasteiger partial charge in [-0.15, -0.1) is 0 Å². The number of allylic oxidation sites excluding steroid dienone is 1. The first-order valence-corrected chi connectivity index (χ1v) is 10.1. The lowest BCUT2D eigenvalue weighted by Gasteiger charge is -2.25. The number of nitrogens with one attached hydrogen (secondary N) is 1. The fourth-order valence-electron chi connectivity index (χ4n) is 3.38. The van der Waals surface area contributed by atoms with Crippen molar-refractivity contribution >= 4 is 19.1 Å². The topological polar surface area (TPSA) is 123 Å². The molecule has 3 N–H and O–H groups in total. The quantitative estimate of drug-likeness (QED) is 0.337. The van der Waals surface area contributed by atoms with Gasteiger partial charge in [-0.3, -0.25) is 4.79 Å². The molecule has 2 atom stereocenters. The summed E-state index contributed by atoms with van der Waals surface area (Å²) in [5, 5.41) is 30.9. The lowest BCUT2D eigenvalue weighted by atomic mass is 9.76. The molecule has 9 heteroatoms. The minimum Gasteiger partial charge on any atom is -0.447 e. The number of alkyl carbamates (subject to hydrolysis) is 1. The third-order valence-electron chi connectivity index (χ3n) is 4.86. The Labute approximate surface area is 177 Å². The zero-order valence-corrected chi connectivity index (χ0v) is 17.3. The summed E-state index contributed by atoms with van der Waals surface area (Å²) >= 11 is 0. The Hall–Kier alpha value is -2.83. The Morgan fingerprint density at radius 2 is 2.07 bits per heavy atom. The van der Waals surface area contributed by atoms with Crippen LogP contribution in [0.4, 0.5) is 4.79 Å². The summed E-state index contributed by atoms with van der Waals surface area (Å²) in [6, 6.07) is 10.8. The highest BCUT2D eigenvalue weighted by molar-refractivity contribution is 6.43. The molecule has 0 saturated carbocycles. The van der Waals surface area contributed by atoms with Crippen LogP contribution in [-0.4, -0.2) is 59.2 Å². The molecule has 0 aromatic heterocycles. The van der Waals surface area contributed by atoms with E-state index in [4.69, 9.17) is 4.74 Å². The number of hydrogen-bond donors (Lipinski definition) is 3. The number of benzene rings is 1. The summed E-state index contributed by atoms with van der Waals surface area (Å²) in [5.41, 5.74) is 0.928. The second-order valence-electron chi connectivity index (χ2n) is 7.68. The Balaban J connectivity index is 1.92. The molecule has 30 heavy (non-hydrogen) atoms. The van der Waals surface area contributed by atoms with E-state index in [0.29, 0.717) is 13.0 Å². The van der Waals surface area contributed by atoms with Gasteiger partial charge in [0.2, 0.25) is 0 Å². The predicted octanol–water partition coefficient (Wildman–Crippen LogP) is 1.43. The first kappa shape index (κ1) is 23.5. The zero-order valence-electron chi connectivity index (χ0n) is 17.3. The summed E-state index contributed by atoms with van der Waals surface area (Å²) in [6.07, 6.45) is 2.49. The average Bonchev–Trinajstić information content (AvgIpc) is 3.18. The van der Waals surface area contributed by atoms with E-state index in [0.717, 1.165) is 12.0 Å². The molecule has 1 aliphatic rings. The molecule has 8 nitrogen and oxygen atoms in total. The van der Waals surface area contributed by atoms with Gasteiger partial charge in [-0.05, 0) is 30.7 Å². The average molecular weight is 413 g/mol. The van der Waals surface area contributed by atoms with Crippen LogP contribution in [0.15, 0.2) is 42.0 Å². The monoisotopic (exact) mass is 413 g/mol. The molecule has 160 valence electrons. The van der Waals surface area contributed by atoms with Gasteiger partial charge >= 0.3 is 13.2 Å². The first-order chi connectivity index (χ1) is 14.3. The van der Waals surface area contributed by atoms with Gasteiger partial charge in [0.15, 0.2) is 0 Å². The van der Waals surface area contributed by atoms with E-state index in [1.165, 1.54) is 0 Å². The van der Waals surface area contributed by atoms with Crippen LogP contribution in [0.5, 0.6) is 0 Å². The highest BCUT2D eigenvalue weighted by Gasteiger charge is 2.32. The molecule has 1 aliphatic heterocycles. The molecule has 0 unspecified atom stereocenters. The third-order valence-corrected chi connectivity index (χ3v) is 4.86. The van der Waals surface area contributed by atoms with E-state index >= 15 is 0 Å². The Kier molecular flexibility index (Phi) is 8.90. The molecular formula is C21H28BN3O5. The van der Waals surface area contributed by atoms with Crippen molar-refractivity contribution in [2.24, 2.45) is 5.92 Å². The van der Waals surface area contributed by atoms with Crippen LogP contribution in [-0.2, 0) is 16.0 Å². The van der Waals surface area contributed by atoms with Crippen LogP contribution in [0.1, 0.15) is 32.3 Å². The molecule has 1 aromatic rings. The van der Waals surface area contributed by atoms with Gasteiger partial charge in [0.25, 0.3) is 5.91 Å². The van der Waals surface area contributed by atoms with Gasteiger partial charge in [0.1, 0.15) is 18.2 Å². The summed E-state index contributed by atoms with van der Waals surface area (Å²) in [5.74, 6) is -1.22. The highest BCUT2D eigenvalue weighted by atomic mass is 16.5. The van der Waals surface area contributed by atoms with Crippen molar-refractivity contribution in [2.45, 2.75) is 45.1 Å². The van der Waals surface area contributed by atoms with Crippen LogP contribution in [0.2, 0.25) is 0 Å². The molecule has 1 fully saturated rings. The van der Waals surface area contributed by atoms with Crippen molar-refractivity contribution < 1.29 is 24.4 Å². The summed E-state index contributed by atoms with van der Waals surface area (Å²) < 4.78 is 5.25. The van der Waals surface area contributed by atoms with Gasteiger partial charge < -0.3 is 25.0 Å². The lowest BCUT2D eigenvalue weighted by molar-refractivity contribution is -0.128. The highest BCUT2D eigenvalue weighted by Crippen LogP contribution is 2.20. The van der Waals surface area contributed by atoms with E-state index < -0.39 is 19.2 Å². The number of rotatable bonds is 8. The van der Waals surface area contributed by atoms with Crippen molar-refractivity contribution in [3.05, 3.63) is 47.5 Å². The standard InChI is InChI=1S/C21H28BN3O5/c1-15(2)11-17(13-23)20(26)25-10-6-9-18(25)14-30-21(27)24-19(22(28)29)12-16-7-4-3-5-8-16/h3-5,7-8,11,15,18-19,28-29H,6,9-10,12,14H2,1-2H3,(H,24,27)/b17-11+/t18-,19+/m1/s1. The second kappa shape index (κ2) is 11.4. The number of nitrogens with zero attached hydrogens (tertiary/aromatic N) is 2.